The number of likely N-dealkylation sites (tertiary alicyclic amines) is 1. The summed E-state index contributed by atoms with van der Waals surface area (Å²) in [6.07, 6.45) is 1.86. The maximum Gasteiger partial charge on any atom is 0.287 e. The Hall–Kier alpha value is -2.66. The number of nitrogens with zero attached hydrogens (tertiary/aromatic N) is 1. The van der Waals surface area contributed by atoms with Crippen molar-refractivity contribution in [2.45, 2.75) is 25.3 Å². The van der Waals surface area contributed by atoms with E-state index in [1.54, 1.807) is 7.11 Å². The number of carbonyl (C=O) groups is 2. The topological polar surface area (TPSA) is 63.2 Å². The highest BCUT2D eigenvalue weighted by Crippen LogP contribution is 2.13. The monoisotopic (exact) mass is 353 g/mol. The third kappa shape index (κ3) is 4.49. The highest BCUT2D eigenvalue weighted by atomic mass is 16.5. The highest BCUT2D eigenvalue weighted by Gasteiger charge is 2.40. The molecule has 1 saturated heterocycles. The molecule has 5 heteroatoms. The lowest BCUT2D eigenvalue weighted by Crippen LogP contribution is -2.92. The summed E-state index contributed by atoms with van der Waals surface area (Å²) in [5, 5.41) is 1.99. The first kappa shape index (κ1) is 18.1. The number of benzene rings is 2. The van der Waals surface area contributed by atoms with E-state index in [9.17, 15) is 9.59 Å². The Kier molecular flexibility index (Phi) is 6.02. The fraction of sp³-hybridized carbons (Fsp3) is 0.333. The number of imide groups is 1. The Balaban J connectivity index is 1.47. The summed E-state index contributed by atoms with van der Waals surface area (Å²) >= 11 is 0. The van der Waals surface area contributed by atoms with Gasteiger partial charge in [-0.05, 0) is 29.7 Å². The molecule has 2 amide bonds. The van der Waals surface area contributed by atoms with Crippen LogP contribution in [0.1, 0.15) is 17.5 Å². The van der Waals surface area contributed by atoms with Gasteiger partial charge in [-0.2, -0.15) is 0 Å². The van der Waals surface area contributed by atoms with Gasteiger partial charge in [-0.3, -0.25) is 14.5 Å². The van der Waals surface area contributed by atoms with Crippen LogP contribution in [-0.2, 0) is 22.4 Å². The van der Waals surface area contributed by atoms with E-state index in [-0.39, 0.29) is 17.9 Å². The Bertz CT molecular complexity index is 744. The molecule has 5 nitrogen and oxygen atoms in total. The molecule has 2 aromatic rings. The molecule has 26 heavy (non-hydrogen) atoms. The second-order valence-electron chi connectivity index (χ2n) is 6.55. The molecular weight excluding hydrogens is 328 g/mol. The van der Waals surface area contributed by atoms with Gasteiger partial charge in [0.1, 0.15) is 5.75 Å². The van der Waals surface area contributed by atoms with E-state index in [0.717, 1.165) is 24.3 Å². The summed E-state index contributed by atoms with van der Waals surface area (Å²) in [6.45, 7) is 1.24. The van der Waals surface area contributed by atoms with E-state index in [0.29, 0.717) is 19.4 Å². The Morgan fingerprint density at radius 1 is 1.00 bits per heavy atom. The van der Waals surface area contributed by atoms with Crippen molar-refractivity contribution in [1.82, 2.24) is 4.90 Å². The number of ether oxygens (including phenoxy) is 1. The molecule has 1 aliphatic rings. The first-order valence-electron chi connectivity index (χ1n) is 9.02. The van der Waals surface area contributed by atoms with E-state index >= 15 is 0 Å². The predicted octanol–water partition coefficient (Wildman–Crippen LogP) is 1.17. The lowest BCUT2D eigenvalue weighted by atomic mass is 10.1. The minimum Gasteiger partial charge on any atom is -0.497 e. The van der Waals surface area contributed by atoms with Crippen molar-refractivity contribution in [1.29, 1.82) is 0 Å². The van der Waals surface area contributed by atoms with Gasteiger partial charge >= 0.3 is 0 Å². The van der Waals surface area contributed by atoms with Crippen molar-refractivity contribution in [2.75, 3.05) is 20.2 Å². The van der Waals surface area contributed by atoms with Gasteiger partial charge in [-0.25, -0.2) is 0 Å². The van der Waals surface area contributed by atoms with Gasteiger partial charge in [0.15, 0.2) is 6.04 Å². The van der Waals surface area contributed by atoms with Crippen molar-refractivity contribution in [2.24, 2.45) is 0 Å². The van der Waals surface area contributed by atoms with Crippen LogP contribution in [0, 0.1) is 0 Å². The number of amides is 2. The van der Waals surface area contributed by atoms with Gasteiger partial charge in [0.25, 0.3) is 5.91 Å². The maximum atomic E-state index is 12.5. The normalized spacial score (nSPS) is 17.0. The van der Waals surface area contributed by atoms with Crippen LogP contribution < -0.4 is 10.1 Å². The second-order valence-corrected chi connectivity index (χ2v) is 6.55. The molecule has 3 rings (SSSR count). The van der Waals surface area contributed by atoms with E-state index < -0.39 is 0 Å². The van der Waals surface area contributed by atoms with Crippen LogP contribution >= 0.6 is 0 Å². The van der Waals surface area contributed by atoms with Gasteiger partial charge in [-0.1, -0.05) is 42.5 Å². The molecule has 2 aromatic carbocycles. The van der Waals surface area contributed by atoms with Crippen LogP contribution in [0.5, 0.6) is 5.75 Å². The van der Waals surface area contributed by atoms with Gasteiger partial charge in [0, 0.05) is 13.0 Å². The smallest absolute Gasteiger partial charge is 0.287 e. The molecule has 0 aliphatic carbocycles. The standard InChI is InChI=1S/C21H24N2O3/c1-26-18-9-7-17(8-10-18)11-13-22-19-15-20(24)23(21(19)25)14-12-16-5-3-2-4-6-16/h2-10,19,22H,11-15H2,1H3/p+1/t19-/m0/s1. The Morgan fingerprint density at radius 2 is 1.69 bits per heavy atom. The van der Waals surface area contributed by atoms with Crippen molar-refractivity contribution in [3.8, 4) is 5.75 Å². The molecule has 0 unspecified atom stereocenters. The van der Waals surface area contributed by atoms with E-state index in [1.165, 1.54) is 10.5 Å². The number of methoxy groups -OCH3 is 1. The van der Waals surface area contributed by atoms with Crippen LogP contribution in [0.25, 0.3) is 0 Å². The van der Waals surface area contributed by atoms with Crippen LogP contribution in [0.3, 0.4) is 0 Å². The summed E-state index contributed by atoms with van der Waals surface area (Å²) in [5.41, 5.74) is 2.33. The maximum absolute atomic E-state index is 12.5. The second kappa shape index (κ2) is 8.63. The predicted molar refractivity (Wildman–Crippen MR) is 98.8 cm³/mol. The molecule has 0 spiro atoms. The van der Waals surface area contributed by atoms with E-state index in [1.807, 2.05) is 59.9 Å². The molecule has 1 atom stereocenters. The number of rotatable bonds is 8. The van der Waals surface area contributed by atoms with Gasteiger partial charge < -0.3 is 10.1 Å². The van der Waals surface area contributed by atoms with Crippen molar-refractivity contribution >= 4 is 11.8 Å². The Morgan fingerprint density at radius 3 is 2.38 bits per heavy atom. The number of quaternary nitrogens is 1. The Labute approximate surface area is 154 Å². The van der Waals surface area contributed by atoms with Crippen LogP contribution in [-0.4, -0.2) is 43.0 Å². The molecule has 136 valence electrons. The van der Waals surface area contributed by atoms with Gasteiger partial charge in [0.2, 0.25) is 5.91 Å². The summed E-state index contributed by atoms with van der Waals surface area (Å²) in [4.78, 5) is 26.1. The molecule has 1 heterocycles. The third-order valence-electron chi connectivity index (χ3n) is 4.79. The number of nitrogens with two attached hydrogens (primary N) is 1. The highest BCUT2D eigenvalue weighted by molar-refractivity contribution is 6.04. The lowest BCUT2D eigenvalue weighted by molar-refractivity contribution is -0.674. The number of hydrogen-bond donors (Lipinski definition) is 1. The van der Waals surface area contributed by atoms with E-state index in [4.69, 9.17) is 4.74 Å². The van der Waals surface area contributed by atoms with Crippen LogP contribution in [0.15, 0.2) is 54.6 Å². The average Bonchev–Trinajstić information content (AvgIpc) is 2.94. The first-order chi connectivity index (χ1) is 12.7. The molecule has 1 fully saturated rings. The van der Waals surface area contributed by atoms with Crippen molar-refractivity contribution in [3.05, 3.63) is 65.7 Å². The fourth-order valence-electron chi connectivity index (χ4n) is 3.26. The molecule has 1 aliphatic heterocycles. The summed E-state index contributed by atoms with van der Waals surface area (Å²) in [5.74, 6) is 0.723. The van der Waals surface area contributed by atoms with Gasteiger partial charge in [-0.15, -0.1) is 0 Å². The molecule has 0 radical (unpaired) electrons. The minimum absolute atomic E-state index is 0.0549. The average molecular weight is 353 g/mol. The first-order valence-corrected chi connectivity index (χ1v) is 9.02. The third-order valence-corrected chi connectivity index (χ3v) is 4.79. The molecule has 0 bridgehead atoms. The summed E-state index contributed by atoms with van der Waals surface area (Å²) < 4.78 is 5.15. The number of carbonyl (C=O) groups excluding carboxylic acids is 2. The largest absolute Gasteiger partial charge is 0.497 e. The zero-order chi connectivity index (χ0) is 18.4. The summed E-state index contributed by atoms with van der Waals surface area (Å²) in [6, 6.07) is 17.6. The molecule has 0 saturated carbocycles. The lowest BCUT2D eigenvalue weighted by Gasteiger charge is -2.14. The van der Waals surface area contributed by atoms with Crippen LogP contribution in [0.4, 0.5) is 0 Å². The van der Waals surface area contributed by atoms with Gasteiger partial charge in [0.05, 0.1) is 20.1 Å². The summed E-state index contributed by atoms with van der Waals surface area (Å²) in [7, 11) is 1.65. The molecule has 0 aromatic heterocycles. The van der Waals surface area contributed by atoms with Crippen molar-refractivity contribution in [3.63, 3.8) is 0 Å². The fourth-order valence-corrected chi connectivity index (χ4v) is 3.26. The minimum atomic E-state index is -0.281. The zero-order valence-electron chi connectivity index (χ0n) is 15.1. The SMILES string of the molecule is COc1ccc(CC[NH2+][C@H]2CC(=O)N(CCc3ccccc3)C2=O)cc1. The quantitative estimate of drug-likeness (QED) is 0.725. The van der Waals surface area contributed by atoms with E-state index in [2.05, 4.69) is 0 Å². The zero-order valence-corrected chi connectivity index (χ0v) is 15.1. The van der Waals surface area contributed by atoms with Crippen LogP contribution in [0.2, 0.25) is 0 Å². The molecular formula is C21H25N2O3+. The number of hydrogen-bond acceptors (Lipinski definition) is 3. The van der Waals surface area contributed by atoms with Crippen molar-refractivity contribution < 1.29 is 19.6 Å². The molecule has 2 N–H and O–H groups in total.